The van der Waals surface area contributed by atoms with Gasteiger partial charge in [0.1, 0.15) is 5.01 Å². The van der Waals surface area contributed by atoms with Crippen molar-refractivity contribution in [3.05, 3.63) is 62.7 Å². The van der Waals surface area contributed by atoms with Gasteiger partial charge in [-0.15, -0.1) is 11.3 Å². The van der Waals surface area contributed by atoms with Gasteiger partial charge in [0.15, 0.2) is 0 Å². The molecule has 3 rings (SSSR count). The zero-order valence-corrected chi connectivity index (χ0v) is 13.6. The Bertz CT molecular complexity index is 895. The molecule has 122 valence electrons. The van der Waals surface area contributed by atoms with Crippen LogP contribution in [-0.4, -0.2) is 20.8 Å². The van der Waals surface area contributed by atoms with E-state index in [-0.39, 0.29) is 17.6 Å². The summed E-state index contributed by atoms with van der Waals surface area (Å²) in [4.78, 5) is 31.7. The Morgan fingerprint density at radius 1 is 1.33 bits per heavy atom. The highest BCUT2D eigenvalue weighted by Gasteiger charge is 2.21. The first-order valence-corrected chi connectivity index (χ1v) is 8.22. The maximum absolute atomic E-state index is 12.7. The molecule has 0 aliphatic rings. The molecule has 0 aliphatic carbocycles. The number of nitro groups is 1. The second-order valence-corrected chi connectivity index (χ2v) is 6.02. The van der Waals surface area contributed by atoms with Gasteiger partial charge >= 0.3 is 0 Å². The second-order valence-electron chi connectivity index (χ2n) is 5.09. The van der Waals surface area contributed by atoms with Gasteiger partial charge in [0.05, 0.1) is 27.4 Å². The summed E-state index contributed by atoms with van der Waals surface area (Å²) in [5.41, 5.74) is 0.561. The second kappa shape index (κ2) is 6.71. The molecule has 2 heterocycles. The van der Waals surface area contributed by atoms with Crippen molar-refractivity contribution in [1.82, 2.24) is 15.3 Å². The highest BCUT2D eigenvalue weighted by atomic mass is 32.1. The van der Waals surface area contributed by atoms with Crippen LogP contribution in [0.25, 0.3) is 10.9 Å². The van der Waals surface area contributed by atoms with E-state index in [1.54, 1.807) is 18.3 Å². The molecule has 0 saturated carbocycles. The van der Waals surface area contributed by atoms with Crippen LogP contribution in [0.5, 0.6) is 0 Å². The number of carbonyl (C=O) groups excluding carboxylic acids is 1. The molecule has 1 aromatic carbocycles. The Labute approximate surface area is 141 Å². The highest BCUT2D eigenvalue weighted by Crippen LogP contribution is 2.27. The number of hydrogen-bond acceptors (Lipinski definition) is 6. The van der Waals surface area contributed by atoms with Crippen molar-refractivity contribution in [3.8, 4) is 0 Å². The number of fused-ring (bicyclic) bond motifs is 1. The van der Waals surface area contributed by atoms with Gasteiger partial charge in [0.2, 0.25) is 0 Å². The smallest absolute Gasteiger partial charge is 0.278 e. The summed E-state index contributed by atoms with van der Waals surface area (Å²) in [5, 5.41) is 17.1. The first kappa shape index (κ1) is 16.0. The topological polar surface area (TPSA) is 98.0 Å². The van der Waals surface area contributed by atoms with Gasteiger partial charge in [-0.3, -0.25) is 19.9 Å². The molecule has 3 aromatic rings. The number of nitro benzene ring substituents is 1. The molecule has 1 amide bonds. The van der Waals surface area contributed by atoms with E-state index >= 15 is 0 Å². The number of nitrogens with zero attached hydrogens (tertiary/aromatic N) is 3. The number of thiazole rings is 1. The third-order valence-corrected chi connectivity index (χ3v) is 4.54. The summed E-state index contributed by atoms with van der Waals surface area (Å²) >= 11 is 1.47. The van der Waals surface area contributed by atoms with E-state index in [0.29, 0.717) is 22.9 Å². The Hall–Kier alpha value is -2.87. The van der Waals surface area contributed by atoms with Crippen molar-refractivity contribution in [3.63, 3.8) is 0 Å². The predicted octanol–water partition coefficient (Wildman–Crippen LogP) is 3.48. The zero-order chi connectivity index (χ0) is 17.1. The predicted molar refractivity (Wildman–Crippen MR) is 91.0 cm³/mol. The molecule has 2 aromatic heterocycles. The van der Waals surface area contributed by atoms with Crippen molar-refractivity contribution in [2.45, 2.75) is 19.4 Å². The minimum Gasteiger partial charge on any atom is -0.343 e. The van der Waals surface area contributed by atoms with Crippen molar-refractivity contribution >= 4 is 33.8 Å². The summed E-state index contributed by atoms with van der Waals surface area (Å²) in [6.07, 6.45) is 3.90. The molecule has 8 heteroatoms. The molecule has 1 atom stereocenters. The molecule has 0 bridgehead atoms. The maximum atomic E-state index is 12.7. The van der Waals surface area contributed by atoms with Crippen molar-refractivity contribution in [2.24, 2.45) is 0 Å². The number of carbonyl (C=O) groups is 1. The summed E-state index contributed by atoms with van der Waals surface area (Å²) in [7, 11) is 0. The molecule has 0 fully saturated rings. The molecule has 0 saturated heterocycles. The van der Waals surface area contributed by atoms with Crippen LogP contribution in [0.1, 0.15) is 34.8 Å². The summed E-state index contributed by atoms with van der Waals surface area (Å²) < 4.78 is 0. The van der Waals surface area contributed by atoms with Gasteiger partial charge in [-0.1, -0.05) is 6.92 Å². The van der Waals surface area contributed by atoms with Crippen molar-refractivity contribution in [2.75, 3.05) is 0 Å². The number of hydrogen-bond donors (Lipinski definition) is 1. The molecule has 7 nitrogen and oxygen atoms in total. The average molecular weight is 342 g/mol. The average Bonchev–Trinajstić information content (AvgIpc) is 3.12. The standard InChI is InChI=1S/C16H14N4O3S/c1-2-12(16-18-8-9-24-16)19-15(21)11-5-6-13(20(22)23)10-4-3-7-17-14(10)11/h3-9,12H,2H2,1H3,(H,19,21)/t12-/m0/s1. The summed E-state index contributed by atoms with van der Waals surface area (Å²) in [6, 6.07) is 5.78. The van der Waals surface area contributed by atoms with Gasteiger partial charge in [0, 0.05) is 23.8 Å². The van der Waals surface area contributed by atoms with Crippen molar-refractivity contribution < 1.29 is 9.72 Å². The monoisotopic (exact) mass is 342 g/mol. The highest BCUT2D eigenvalue weighted by molar-refractivity contribution is 7.09. The molecular formula is C16H14N4O3S. The van der Waals surface area contributed by atoms with E-state index in [4.69, 9.17) is 0 Å². The largest absolute Gasteiger partial charge is 0.343 e. The number of pyridine rings is 1. The fourth-order valence-electron chi connectivity index (χ4n) is 2.48. The quantitative estimate of drug-likeness (QED) is 0.565. The lowest BCUT2D eigenvalue weighted by atomic mass is 10.1. The van der Waals surface area contributed by atoms with Gasteiger partial charge < -0.3 is 5.32 Å². The molecule has 1 N–H and O–H groups in total. The first-order valence-electron chi connectivity index (χ1n) is 7.34. The Morgan fingerprint density at radius 3 is 2.83 bits per heavy atom. The van der Waals surface area contributed by atoms with Gasteiger partial charge in [-0.05, 0) is 24.6 Å². The van der Waals surface area contributed by atoms with E-state index < -0.39 is 4.92 Å². The lowest BCUT2D eigenvalue weighted by Crippen LogP contribution is -2.28. The third-order valence-electron chi connectivity index (χ3n) is 3.65. The number of aromatic nitrogens is 2. The van der Waals surface area contributed by atoms with Crippen LogP contribution in [-0.2, 0) is 0 Å². The van der Waals surface area contributed by atoms with E-state index in [2.05, 4.69) is 15.3 Å². The summed E-state index contributed by atoms with van der Waals surface area (Å²) in [6.45, 7) is 1.96. The molecule has 0 spiro atoms. The van der Waals surface area contributed by atoms with Gasteiger partial charge in [0.25, 0.3) is 11.6 Å². The van der Waals surface area contributed by atoms with Crippen LogP contribution in [0, 0.1) is 10.1 Å². The lowest BCUT2D eigenvalue weighted by molar-refractivity contribution is -0.383. The van der Waals surface area contributed by atoms with Crippen LogP contribution in [0.15, 0.2) is 42.0 Å². The summed E-state index contributed by atoms with van der Waals surface area (Å²) in [5.74, 6) is -0.323. The minimum atomic E-state index is -0.476. The minimum absolute atomic E-state index is 0.0679. The molecule has 0 radical (unpaired) electrons. The zero-order valence-electron chi connectivity index (χ0n) is 12.8. The fourth-order valence-corrected chi connectivity index (χ4v) is 3.25. The van der Waals surface area contributed by atoms with E-state index in [1.807, 2.05) is 12.3 Å². The van der Waals surface area contributed by atoms with Crippen LogP contribution in [0.4, 0.5) is 5.69 Å². The normalized spacial score (nSPS) is 12.0. The number of benzene rings is 1. The number of non-ortho nitro benzene ring substituents is 1. The maximum Gasteiger partial charge on any atom is 0.278 e. The van der Waals surface area contributed by atoms with E-state index in [9.17, 15) is 14.9 Å². The Kier molecular flexibility index (Phi) is 4.48. The van der Waals surface area contributed by atoms with Gasteiger partial charge in [-0.25, -0.2) is 4.98 Å². The van der Waals surface area contributed by atoms with Crippen LogP contribution in [0.2, 0.25) is 0 Å². The van der Waals surface area contributed by atoms with Crippen LogP contribution < -0.4 is 5.32 Å². The molecule has 0 aliphatic heterocycles. The molecular weight excluding hydrogens is 328 g/mol. The van der Waals surface area contributed by atoms with Gasteiger partial charge in [-0.2, -0.15) is 0 Å². The third kappa shape index (κ3) is 2.95. The van der Waals surface area contributed by atoms with Crippen LogP contribution in [0.3, 0.4) is 0 Å². The fraction of sp³-hybridized carbons (Fsp3) is 0.188. The Balaban J connectivity index is 1.99. The van der Waals surface area contributed by atoms with Crippen molar-refractivity contribution in [1.29, 1.82) is 0 Å². The molecule has 24 heavy (non-hydrogen) atoms. The molecule has 0 unspecified atom stereocenters. The number of amides is 1. The van der Waals surface area contributed by atoms with E-state index in [1.165, 1.54) is 29.7 Å². The lowest BCUT2D eigenvalue weighted by Gasteiger charge is -2.15. The SMILES string of the molecule is CC[C@H](NC(=O)c1ccc([N+](=O)[O-])c2cccnc12)c1nccs1. The Morgan fingerprint density at radius 2 is 2.17 bits per heavy atom. The number of rotatable bonds is 5. The van der Waals surface area contributed by atoms with Crippen LogP contribution >= 0.6 is 11.3 Å². The number of nitrogens with one attached hydrogen (secondary N) is 1. The van der Waals surface area contributed by atoms with E-state index in [0.717, 1.165) is 5.01 Å². The first-order chi connectivity index (χ1) is 11.6.